The van der Waals surface area contributed by atoms with Gasteiger partial charge in [0.1, 0.15) is 5.82 Å². The van der Waals surface area contributed by atoms with Crippen molar-refractivity contribution in [3.63, 3.8) is 0 Å². The molecule has 3 rings (SSSR count). The van der Waals surface area contributed by atoms with Crippen molar-refractivity contribution in [3.05, 3.63) is 60.7 Å². The van der Waals surface area contributed by atoms with Crippen LogP contribution < -0.4 is 5.73 Å². The van der Waals surface area contributed by atoms with Gasteiger partial charge in [-0.05, 0) is 36.8 Å². The second-order valence-electron chi connectivity index (χ2n) is 4.46. The van der Waals surface area contributed by atoms with E-state index in [1.54, 1.807) is 18.6 Å². The Hall–Kier alpha value is -2.62. The van der Waals surface area contributed by atoms with E-state index < -0.39 is 0 Å². The second kappa shape index (κ2) is 4.57. The molecule has 0 spiro atoms. The van der Waals surface area contributed by atoms with Gasteiger partial charge in [0.15, 0.2) is 0 Å². The van der Waals surface area contributed by atoms with Crippen molar-refractivity contribution in [1.82, 2.24) is 14.5 Å². The molecule has 1 aromatic carbocycles. The number of imidazole rings is 1. The van der Waals surface area contributed by atoms with Crippen LogP contribution in [0.5, 0.6) is 0 Å². The Morgan fingerprint density at radius 3 is 2.74 bits per heavy atom. The predicted molar refractivity (Wildman–Crippen MR) is 75.9 cm³/mol. The number of hydrogen-bond donors (Lipinski definition) is 1. The normalized spacial score (nSPS) is 10.6. The maximum absolute atomic E-state index is 5.62. The smallest absolute Gasteiger partial charge is 0.123 e. The van der Waals surface area contributed by atoms with Crippen molar-refractivity contribution < 1.29 is 0 Å². The van der Waals surface area contributed by atoms with Gasteiger partial charge in [-0.2, -0.15) is 0 Å². The maximum Gasteiger partial charge on any atom is 0.123 e. The number of pyridine rings is 1. The maximum atomic E-state index is 5.62. The third-order valence-electron chi connectivity index (χ3n) is 3.00. The number of aromatic nitrogens is 3. The topological polar surface area (TPSA) is 56.7 Å². The van der Waals surface area contributed by atoms with E-state index in [0.29, 0.717) is 5.82 Å². The summed E-state index contributed by atoms with van der Waals surface area (Å²) in [6.45, 7) is 2.07. The molecule has 0 saturated carbocycles. The van der Waals surface area contributed by atoms with Gasteiger partial charge in [0.05, 0.1) is 18.2 Å². The Morgan fingerprint density at radius 1 is 1.11 bits per heavy atom. The van der Waals surface area contributed by atoms with Crippen molar-refractivity contribution in [2.45, 2.75) is 6.92 Å². The highest BCUT2D eigenvalue weighted by molar-refractivity contribution is 5.62. The Kier molecular flexibility index (Phi) is 2.76. The lowest BCUT2D eigenvalue weighted by molar-refractivity contribution is 1.06. The van der Waals surface area contributed by atoms with Crippen LogP contribution in [0.1, 0.15) is 5.56 Å². The summed E-state index contributed by atoms with van der Waals surface area (Å²) in [5.74, 6) is 0.519. The molecular weight excluding hydrogens is 236 g/mol. The first kappa shape index (κ1) is 11.5. The molecule has 0 saturated heterocycles. The van der Waals surface area contributed by atoms with Gasteiger partial charge in [0, 0.05) is 17.4 Å². The van der Waals surface area contributed by atoms with Crippen molar-refractivity contribution in [1.29, 1.82) is 0 Å². The molecule has 4 nitrogen and oxygen atoms in total. The van der Waals surface area contributed by atoms with Crippen LogP contribution in [0.4, 0.5) is 5.82 Å². The number of nitrogens with zero attached hydrogens (tertiary/aromatic N) is 3. The molecule has 0 fully saturated rings. The van der Waals surface area contributed by atoms with Crippen LogP contribution in [0.25, 0.3) is 16.9 Å². The number of anilines is 1. The summed E-state index contributed by atoms with van der Waals surface area (Å²) in [5.41, 5.74) is 9.91. The summed E-state index contributed by atoms with van der Waals surface area (Å²) in [4.78, 5) is 8.36. The predicted octanol–water partition coefficient (Wildman–Crippen LogP) is 2.82. The zero-order chi connectivity index (χ0) is 13.2. The molecule has 0 radical (unpaired) electrons. The summed E-state index contributed by atoms with van der Waals surface area (Å²) in [5, 5.41) is 0. The first-order chi connectivity index (χ1) is 9.24. The minimum absolute atomic E-state index is 0.519. The van der Waals surface area contributed by atoms with E-state index in [9.17, 15) is 0 Å². The van der Waals surface area contributed by atoms with E-state index >= 15 is 0 Å². The zero-order valence-corrected chi connectivity index (χ0v) is 10.6. The molecule has 4 heteroatoms. The lowest BCUT2D eigenvalue weighted by atomic mass is 10.2. The van der Waals surface area contributed by atoms with Crippen LogP contribution in [-0.2, 0) is 0 Å². The molecule has 0 atom stereocenters. The molecule has 0 bridgehead atoms. The molecule has 0 aliphatic heterocycles. The van der Waals surface area contributed by atoms with Gasteiger partial charge >= 0.3 is 0 Å². The lowest BCUT2D eigenvalue weighted by Gasteiger charge is -2.09. The van der Waals surface area contributed by atoms with Crippen molar-refractivity contribution in [2.24, 2.45) is 0 Å². The molecular formula is C15H14N4. The Labute approximate surface area is 111 Å². The van der Waals surface area contributed by atoms with Gasteiger partial charge in [-0.15, -0.1) is 0 Å². The molecule has 94 valence electrons. The Balaban J connectivity index is 2.10. The summed E-state index contributed by atoms with van der Waals surface area (Å²) in [7, 11) is 0. The molecule has 2 N–H and O–H groups in total. The minimum Gasteiger partial charge on any atom is -0.384 e. The average molecular weight is 250 g/mol. The first-order valence-electron chi connectivity index (χ1n) is 6.05. The number of nitrogens with two attached hydrogens (primary N) is 1. The Bertz CT molecular complexity index is 698. The highest BCUT2D eigenvalue weighted by atomic mass is 15.1. The Morgan fingerprint density at radius 2 is 2.00 bits per heavy atom. The summed E-state index contributed by atoms with van der Waals surface area (Å²) in [6.07, 6.45) is 5.40. The minimum atomic E-state index is 0.519. The van der Waals surface area contributed by atoms with Crippen LogP contribution in [0.15, 0.2) is 55.1 Å². The van der Waals surface area contributed by atoms with Gasteiger partial charge in [-0.3, -0.25) is 4.57 Å². The molecule has 0 unspecified atom stereocenters. The fourth-order valence-electron chi connectivity index (χ4n) is 2.05. The van der Waals surface area contributed by atoms with E-state index in [0.717, 1.165) is 16.9 Å². The van der Waals surface area contributed by atoms with Gasteiger partial charge in [-0.25, -0.2) is 9.97 Å². The fraction of sp³-hybridized carbons (Fsp3) is 0.0667. The second-order valence-corrected chi connectivity index (χ2v) is 4.46. The van der Waals surface area contributed by atoms with Gasteiger partial charge in [0.2, 0.25) is 0 Å². The van der Waals surface area contributed by atoms with E-state index in [-0.39, 0.29) is 0 Å². The third-order valence-corrected chi connectivity index (χ3v) is 3.00. The number of hydrogen-bond acceptors (Lipinski definition) is 3. The molecule has 0 amide bonds. The molecule has 3 aromatic rings. The first-order valence-corrected chi connectivity index (χ1v) is 6.05. The highest BCUT2D eigenvalue weighted by Gasteiger charge is 2.07. The number of rotatable bonds is 2. The third kappa shape index (κ3) is 2.20. The monoisotopic (exact) mass is 250 g/mol. The standard InChI is InChI=1S/C15H14N4/c1-11-3-2-4-13(7-11)19-10-17-9-14(19)12-5-6-15(16)18-8-12/h2-10H,1H3,(H2,16,18). The largest absolute Gasteiger partial charge is 0.384 e. The van der Waals surface area contributed by atoms with Crippen molar-refractivity contribution in [2.75, 3.05) is 5.73 Å². The van der Waals surface area contributed by atoms with Gasteiger partial charge < -0.3 is 5.73 Å². The number of benzene rings is 1. The van der Waals surface area contributed by atoms with Crippen LogP contribution in [0.3, 0.4) is 0 Å². The van der Waals surface area contributed by atoms with Crippen LogP contribution in [-0.4, -0.2) is 14.5 Å². The SMILES string of the molecule is Cc1cccc(-n2cncc2-c2ccc(N)nc2)c1. The lowest BCUT2D eigenvalue weighted by Crippen LogP contribution is -1.96. The van der Waals surface area contributed by atoms with Crippen LogP contribution >= 0.6 is 0 Å². The molecule has 0 aliphatic carbocycles. The molecule has 19 heavy (non-hydrogen) atoms. The fourth-order valence-corrected chi connectivity index (χ4v) is 2.05. The quantitative estimate of drug-likeness (QED) is 0.760. The van der Waals surface area contributed by atoms with Gasteiger partial charge in [-0.1, -0.05) is 12.1 Å². The average Bonchev–Trinajstić information content (AvgIpc) is 2.89. The number of aryl methyl sites for hydroxylation is 1. The highest BCUT2D eigenvalue weighted by Crippen LogP contribution is 2.22. The van der Waals surface area contributed by atoms with E-state index in [4.69, 9.17) is 5.73 Å². The van der Waals surface area contributed by atoms with Crippen molar-refractivity contribution in [3.8, 4) is 16.9 Å². The van der Waals surface area contributed by atoms with Crippen LogP contribution in [0, 0.1) is 6.92 Å². The van der Waals surface area contributed by atoms with Gasteiger partial charge in [0.25, 0.3) is 0 Å². The van der Waals surface area contributed by atoms with E-state index in [1.807, 2.05) is 22.9 Å². The molecule has 2 heterocycles. The van der Waals surface area contributed by atoms with Crippen LogP contribution in [0.2, 0.25) is 0 Å². The molecule has 0 aliphatic rings. The zero-order valence-electron chi connectivity index (χ0n) is 10.6. The van der Waals surface area contributed by atoms with E-state index in [1.165, 1.54) is 5.56 Å². The van der Waals surface area contributed by atoms with Crippen molar-refractivity contribution >= 4 is 5.82 Å². The van der Waals surface area contributed by atoms with E-state index in [2.05, 4.69) is 35.1 Å². The summed E-state index contributed by atoms with van der Waals surface area (Å²) < 4.78 is 2.04. The summed E-state index contributed by atoms with van der Waals surface area (Å²) >= 11 is 0. The molecule has 2 aromatic heterocycles. The summed E-state index contributed by atoms with van der Waals surface area (Å²) in [6, 6.07) is 12.0. The number of nitrogen functional groups attached to an aromatic ring is 1.